The van der Waals surface area contributed by atoms with Crippen LogP contribution >= 0.6 is 0 Å². The van der Waals surface area contributed by atoms with Gasteiger partial charge in [0.2, 0.25) is 5.91 Å². The molecule has 5 heteroatoms. The van der Waals surface area contributed by atoms with Gasteiger partial charge in [-0.1, -0.05) is 18.2 Å². The number of rotatable bonds is 3. The number of para-hydroxylation sites is 1. The van der Waals surface area contributed by atoms with Gasteiger partial charge in [-0.2, -0.15) is 0 Å². The summed E-state index contributed by atoms with van der Waals surface area (Å²) in [6, 6.07) is 9.33. The third-order valence-electron chi connectivity index (χ3n) is 3.45. The van der Waals surface area contributed by atoms with E-state index >= 15 is 0 Å². The molecule has 3 amide bonds. The maximum Gasteiger partial charge on any atom is 0.317 e. The van der Waals surface area contributed by atoms with Gasteiger partial charge in [-0.05, 0) is 31.9 Å². The predicted octanol–water partition coefficient (Wildman–Crippen LogP) is 2.07. The lowest BCUT2D eigenvalue weighted by Crippen LogP contribution is -2.47. The average molecular weight is 275 g/mol. The van der Waals surface area contributed by atoms with E-state index in [2.05, 4.69) is 10.6 Å². The van der Waals surface area contributed by atoms with Crippen molar-refractivity contribution in [1.82, 2.24) is 10.2 Å². The molecule has 0 radical (unpaired) electrons. The van der Waals surface area contributed by atoms with Gasteiger partial charge in [0.1, 0.15) is 0 Å². The third kappa shape index (κ3) is 3.73. The highest BCUT2D eigenvalue weighted by Crippen LogP contribution is 2.18. The van der Waals surface area contributed by atoms with Gasteiger partial charge in [-0.15, -0.1) is 0 Å². The van der Waals surface area contributed by atoms with E-state index < -0.39 is 0 Å². The molecule has 0 saturated carbocycles. The van der Waals surface area contributed by atoms with Gasteiger partial charge in [-0.3, -0.25) is 4.79 Å². The molecule has 0 bridgehead atoms. The molecular formula is C15H21N3O2. The standard InChI is InChI=1S/C15H21N3O2/c1-2-16-15(20)18-10-6-7-12(11-18)14(19)17-13-8-4-3-5-9-13/h3-5,8-9,12H,2,6-7,10-11H2,1H3,(H,16,20)(H,17,19). The number of piperidine rings is 1. The van der Waals surface area contributed by atoms with Gasteiger partial charge >= 0.3 is 6.03 Å². The zero-order chi connectivity index (χ0) is 14.4. The van der Waals surface area contributed by atoms with Crippen LogP contribution in [0.1, 0.15) is 19.8 Å². The molecule has 108 valence electrons. The van der Waals surface area contributed by atoms with Crippen molar-refractivity contribution < 1.29 is 9.59 Å². The van der Waals surface area contributed by atoms with Crippen molar-refractivity contribution in [3.05, 3.63) is 30.3 Å². The Morgan fingerprint density at radius 2 is 2.05 bits per heavy atom. The predicted molar refractivity (Wildman–Crippen MR) is 78.4 cm³/mol. The summed E-state index contributed by atoms with van der Waals surface area (Å²) in [4.78, 5) is 25.8. The van der Waals surface area contributed by atoms with Gasteiger partial charge in [0.05, 0.1) is 5.92 Å². The van der Waals surface area contributed by atoms with Crippen LogP contribution in [0.5, 0.6) is 0 Å². The number of likely N-dealkylation sites (tertiary alicyclic amines) is 1. The van der Waals surface area contributed by atoms with Crippen molar-refractivity contribution in [2.75, 3.05) is 25.0 Å². The average Bonchev–Trinajstić information content (AvgIpc) is 2.48. The molecule has 1 aromatic carbocycles. The largest absolute Gasteiger partial charge is 0.338 e. The first-order valence-electron chi connectivity index (χ1n) is 7.09. The fourth-order valence-electron chi connectivity index (χ4n) is 2.40. The van der Waals surface area contributed by atoms with Crippen molar-refractivity contribution in [2.45, 2.75) is 19.8 Å². The fraction of sp³-hybridized carbons (Fsp3) is 0.467. The molecule has 1 aliphatic rings. The van der Waals surface area contributed by atoms with Crippen LogP contribution in [-0.4, -0.2) is 36.5 Å². The first-order chi connectivity index (χ1) is 9.70. The minimum Gasteiger partial charge on any atom is -0.338 e. The lowest BCUT2D eigenvalue weighted by atomic mass is 9.97. The Bertz CT molecular complexity index is 461. The number of urea groups is 1. The highest BCUT2D eigenvalue weighted by Gasteiger charge is 2.28. The molecule has 1 atom stereocenters. The van der Waals surface area contributed by atoms with E-state index in [0.29, 0.717) is 13.1 Å². The van der Waals surface area contributed by atoms with Crippen molar-refractivity contribution in [2.24, 2.45) is 5.92 Å². The Labute approximate surface area is 119 Å². The monoisotopic (exact) mass is 275 g/mol. The molecular weight excluding hydrogens is 254 g/mol. The van der Waals surface area contributed by atoms with Crippen LogP contribution in [-0.2, 0) is 4.79 Å². The summed E-state index contributed by atoms with van der Waals surface area (Å²) >= 11 is 0. The van der Waals surface area contributed by atoms with Gasteiger partial charge in [0, 0.05) is 25.3 Å². The molecule has 1 saturated heterocycles. The summed E-state index contributed by atoms with van der Waals surface area (Å²) in [5, 5.41) is 5.69. The molecule has 1 unspecified atom stereocenters. The molecule has 1 heterocycles. The number of carbonyl (C=O) groups is 2. The topological polar surface area (TPSA) is 61.4 Å². The van der Waals surface area contributed by atoms with E-state index in [1.54, 1.807) is 4.90 Å². The Balaban J connectivity index is 1.91. The molecule has 2 rings (SSSR count). The highest BCUT2D eigenvalue weighted by atomic mass is 16.2. The lowest BCUT2D eigenvalue weighted by molar-refractivity contribution is -0.121. The SMILES string of the molecule is CCNC(=O)N1CCCC(C(=O)Nc2ccccc2)C1. The molecule has 20 heavy (non-hydrogen) atoms. The number of hydrogen-bond acceptors (Lipinski definition) is 2. The Kier molecular flexibility index (Phi) is 4.98. The Morgan fingerprint density at radius 1 is 1.30 bits per heavy atom. The van der Waals surface area contributed by atoms with Crippen LogP contribution < -0.4 is 10.6 Å². The third-order valence-corrected chi connectivity index (χ3v) is 3.45. The molecule has 0 spiro atoms. The van der Waals surface area contributed by atoms with Crippen LogP contribution in [0.25, 0.3) is 0 Å². The summed E-state index contributed by atoms with van der Waals surface area (Å²) in [7, 11) is 0. The summed E-state index contributed by atoms with van der Waals surface area (Å²) in [5.74, 6) is -0.142. The van der Waals surface area contributed by atoms with Crippen LogP contribution in [0.4, 0.5) is 10.5 Å². The number of anilines is 1. The van der Waals surface area contributed by atoms with Crippen molar-refractivity contribution in [3.8, 4) is 0 Å². The van der Waals surface area contributed by atoms with E-state index in [0.717, 1.165) is 25.1 Å². The second kappa shape index (κ2) is 6.93. The van der Waals surface area contributed by atoms with Crippen LogP contribution in [0, 0.1) is 5.92 Å². The number of nitrogens with one attached hydrogen (secondary N) is 2. The quantitative estimate of drug-likeness (QED) is 0.887. The summed E-state index contributed by atoms with van der Waals surface area (Å²) in [6.07, 6.45) is 1.69. The van der Waals surface area contributed by atoms with Gasteiger partial charge in [0.25, 0.3) is 0 Å². The summed E-state index contributed by atoms with van der Waals surface area (Å²) in [6.45, 7) is 3.71. The minimum atomic E-state index is -0.133. The second-order valence-electron chi connectivity index (χ2n) is 4.98. The van der Waals surface area contributed by atoms with E-state index in [1.807, 2.05) is 37.3 Å². The van der Waals surface area contributed by atoms with Crippen molar-refractivity contribution in [1.29, 1.82) is 0 Å². The molecule has 1 fully saturated rings. The molecule has 0 aliphatic carbocycles. The highest BCUT2D eigenvalue weighted by molar-refractivity contribution is 5.93. The van der Waals surface area contributed by atoms with Crippen LogP contribution in [0.15, 0.2) is 30.3 Å². The van der Waals surface area contributed by atoms with E-state index in [-0.39, 0.29) is 17.9 Å². The first kappa shape index (κ1) is 14.4. The number of hydrogen-bond donors (Lipinski definition) is 2. The lowest BCUT2D eigenvalue weighted by Gasteiger charge is -2.32. The zero-order valence-electron chi connectivity index (χ0n) is 11.8. The Morgan fingerprint density at radius 3 is 2.75 bits per heavy atom. The maximum atomic E-state index is 12.2. The number of nitrogens with zero attached hydrogens (tertiary/aromatic N) is 1. The zero-order valence-corrected chi connectivity index (χ0v) is 11.8. The van der Waals surface area contributed by atoms with Gasteiger partial charge in [-0.25, -0.2) is 4.79 Å². The first-order valence-corrected chi connectivity index (χ1v) is 7.09. The molecule has 0 aromatic heterocycles. The molecule has 1 aliphatic heterocycles. The smallest absolute Gasteiger partial charge is 0.317 e. The molecule has 1 aromatic rings. The fourth-order valence-corrected chi connectivity index (χ4v) is 2.40. The van der Waals surface area contributed by atoms with Gasteiger partial charge < -0.3 is 15.5 Å². The van der Waals surface area contributed by atoms with E-state index in [9.17, 15) is 9.59 Å². The summed E-state index contributed by atoms with van der Waals surface area (Å²) < 4.78 is 0. The number of benzene rings is 1. The Hall–Kier alpha value is -2.04. The van der Waals surface area contributed by atoms with E-state index in [1.165, 1.54) is 0 Å². The minimum absolute atomic E-state index is 0.00908. The van der Waals surface area contributed by atoms with Crippen LogP contribution in [0.2, 0.25) is 0 Å². The van der Waals surface area contributed by atoms with E-state index in [4.69, 9.17) is 0 Å². The summed E-state index contributed by atoms with van der Waals surface area (Å²) in [5.41, 5.74) is 0.799. The molecule has 2 N–H and O–H groups in total. The normalized spacial score (nSPS) is 18.4. The van der Waals surface area contributed by atoms with Gasteiger partial charge in [0.15, 0.2) is 0 Å². The second-order valence-corrected chi connectivity index (χ2v) is 4.98. The number of carbonyl (C=O) groups excluding carboxylic acids is 2. The number of amides is 3. The molecule has 5 nitrogen and oxygen atoms in total. The van der Waals surface area contributed by atoms with Crippen LogP contribution in [0.3, 0.4) is 0 Å². The van der Waals surface area contributed by atoms with Crippen molar-refractivity contribution >= 4 is 17.6 Å². The van der Waals surface area contributed by atoms with Crippen molar-refractivity contribution in [3.63, 3.8) is 0 Å². The maximum absolute atomic E-state index is 12.2.